The van der Waals surface area contributed by atoms with E-state index in [1.165, 1.54) is 90.3 Å². The van der Waals surface area contributed by atoms with E-state index in [0.29, 0.717) is 5.92 Å². The smallest absolute Gasteiger partial charge is 0.0248 e. The van der Waals surface area contributed by atoms with Gasteiger partial charge in [-0.1, -0.05) is 139 Å². The molecule has 1 aliphatic rings. The van der Waals surface area contributed by atoms with Gasteiger partial charge in [0.25, 0.3) is 0 Å². The highest BCUT2D eigenvalue weighted by Crippen LogP contribution is 2.39. The van der Waals surface area contributed by atoms with Gasteiger partial charge in [-0.05, 0) is 89.0 Å². The lowest BCUT2D eigenvalue weighted by molar-refractivity contribution is 0.247. The van der Waals surface area contributed by atoms with E-state index >= 15 is 0 Å². The number of terminal acetylenes is 1. The second kappa shape index (κ2) is 13.5. The number of hydrogen-bond donors (Lipinski definition) is 0. The van der Waals surface area contributed by atoms with Gasteiger partial charge in [-0.15, -0.1) is 6.42 Å². The zero-order chi connectivity index (χ0) is 28.7. The van der Waals surface area contributed by atoms with Crippen LogP contribution in [0.5, 0.6) is 0 Å². The molecule has 0 spiro atoms. The van der Waals surface area contributed by atoms with E-state index in [0.717, 1.165) is 23.8 Å². The summed E-state index contributed by atoms with van der Waals surface area (Å²) in [4.78, 5) is 0. The summed E-state index contributed by atoms with van der Waals surface area (Å²) < 4.78 is 0. The average molecular weight is 531 g/mol. The maximum atomic E-state index is 5.66. The van der Waals surface area contributed by atoms with Gasteiger partial charge in [0.2, 0.25) is 0 Å². The lowest BCUT2D eigenvalue weighted by atomic mass is 9.75. The fourth-order valence-corrected chi connectivity index (χ4v) is 6.89. The molecule has 0 heteroatoms. The van der Waals surface area contributed by atoms with Crippen LogP contribution in [0, 0.1) is 31.1 Å². The van der Waals surface area contributed by atoms with Gasteiger partial charge in [0, 0.05) is 11.5 Å². The standard InChI is InChI=1S/C40H50/c1-8-11-32-16-18-33(19-17-32)20-25-38(30(4)26-34-15-14-29(3)39(28-34)40(5,6)7)36-23-21-35(22-24-36)37-13-10-12-31(9-2)27-37/h2,10,12-15,21-24,27-28,32-33,38H,4,8,11,16-20,25-26H2,1,3,5-7H3. The Morgan fingerprint density at radius 1 is 0.900 bits per heavy atom. The van der Waals surface area contributed by atoms with Crippen LogP contribution in [0.25, 0.3) is 11.1 Å². The van der Waals surface area contributed by atoms with Gasteiger partial charge in [-0.3, -0.25) is 0 Å². The Hall–Kier alpha value is -3.04. The summed E-state index contributed by atoms with van der Waals surface area (Å²) in [5.41, 5.74) is 10.4. The monoisotopic (exact) mass is 530 g/mol. The molecule has 1 unspecified atom stereocenters. The first-order valence-electron chi connectivity index (χ1n) is 15.6. The van der Waals surface area contributed by atoms with Crippen LogP contribution in [0.15, 0.2) is 78.9 Å². The Morgan fingerprint density at radius 3 is 2.20 bits per heavy atom. The third-order valence-electron chi connectivity index (χ3n) is 9.24. The molecule has 0 bridgehead atoms. The molecular formula is C40H50. The lowest BCUT2D eigenvalue weighted by Gasteiger charge is -2.30. The van der Waals surface area contributed by atoms with E-state index < -0.39 is 0 Å². The summed E-state index contributed by atoms with van der Waals surface area (Å²) in [5, 5.41) is 0. The van der Waals surface area contributed by atoms with Crippen LogP contribution in [0.1, 0.15) is 113 Å². The van der Waals surface area contributed by atoms with E-state index in [4.69, 9.17) is 13.0 Å². The SMILES string of the molecule is C#Cc1cccc(-c2ccc(C(CCC3CCC(CCC)CC3)C(=C)Cc3ccc(C)c(C(C)(C)C)c3)cc2)c1. The van der Waals surface area contributed by atoms with Crippen LogP contribution in [0.2, 0.25) is 0 Å². The first-order valence-corrected chi connectivity index (χ1v) is 15.6. The molecule has 0 aliphatic heterocycles. The summed E-state index contributed by atoms with van der Waals surface area (Å²) in [6, 6.07) is 24.5. The Kier molecular flexibility index (Phi) is 10.1. The molecule has 0 nitrogen and oxygen atoms in total. The highest BCUT2D eigenvalue weighted by atomic mass is 14.3. The van der Waals surface area contributed by atoms with Crippen LogP contribution < -0.4 is 0 Å². The first-order chi connectivity index (χ1) is 19.2. The molecule has 0 heterocycles. The highest BCUT2D eigenvalue weighted by Gasteiger charge is 2.24. The van der Waals surface area contributed by atoms with Crippen molar-refractivity contribution in [2.45, 2.75) is 104 Å². The molecule has 1 aliphatic carbocycles. The molecular weight excluding hydrogens is 480 g/mol. The molecule has 1 atom stereocenters. The van der Waals surface area contributed by atoms with Gasteiger partial charge in [-0.25, -0.2) is 0 Å². The topological polar surface area (TPSA) is 0 Å². The van der Waals surface area contributed by atoms with Gasteiger partial charge >= 0.3 is 0 Å². The molecule has 0 aromatic heterocycles. The quantitative estimate of drug-likeness (QED) is 0.181. The first kappa shape index (κ1) is 29.9. The molecule has 0 radical (unpaired) electrons. The minimum Gasteiger partial charge on any atom is -0.115 e. The summed E-state index contributed by atoms with van der Waals surface area (Å²) >= 11 is 0. The second-order valence-corrected chi connectivity index (χ2v) is 13.4. The maximum absolute atomic E-state index is 5.66. The van der Waals surface area contributed by atoms with Crippen molar-refractivity contribution in [3.63, 3.8) is 0 Å². The zero-order valence-corrected chi connectivity index (χ0v) is 25.7. The van der Waals surface area contributed by atoms with Gasteiger partial charge in [-0.2, -0.15) is 0 Å². The van der Waals surface area contributed by atoms with E-state index in [1.54, 1.807) is 0 Å². The van der Waals surface area contributed by atoms with Crippen molar-refractivity contribution in [1.29, 1.82) is 0 Å². The van der Waals surface area contributed by atoms with Crippen LogP contribution in [-0.2, 0) is 11.8 Å². The lowest BCUT2D eigenvalue weighted by Crippen LogP contribution is -2.16. The highest BCUT2D eigenvalue weighted by molar-refractivity contribution is 5.65. The van der Waals surface area contributed by atoms with Crippen molar-refractivity contribution in [2.75, 3.05) is 0 Å². The van der Waals surface area contributed by atoms with Gasteiger partial charge < -0.3 is 0 Å². The predicted octanol–water partition coefficient (Wildman–Crippen LogP) is 11.2. The summed E-state index contributed by atoms with van der Waals surface area (Å²) in [5.74, 6) is 4.97. The number of benzene rings is 3. The van der Waals surface area contributed by atoms with Crippen molar-refractivity contribution in [2.24, 2.45) is 11.8 Å². The van der Waals surface area contributed by atoms with E-state index in [-0.39, 0.29) is 5.41 Å². The minimum atomic E-state index is 0.143. The molecule has 0 saturated heterocycles. The molecule has 210 valence electrons. The van der Waals surface area contributed by atoms with Crippen molar-refractivity contribution < 1.29 is 0 Å². The number of hydrogen-bond acceptors (Lipinski definition) is 0. The Morgan fingerprint density at radius 2 is 1.57 bits per heavy atom. The summed E-state index contributed by atoms with van der Waals surface area (Å²) in [6.07, 6.45) is 17.5. The number of aryl methyl sites for hydroxylation is 1. The largest absolute Gasteiger partial charge is 0.115 e. The molecule has 4 rings (SSSR count). The van der Waals surface area contributed by atoms with Crippen LogP contribution in [0.4, 0.5) is 0 Å². The van der Waals surface area contributed by atoms with Crippen molar-refractivity contribution in [1.82, 2.24) is 0 Å². The molecule has 1 fully saturated rings. The number of allylic oxidation sites excluding steroid dienone is 1. The fraction of sp³-hybridized carbons (Fsp3) is 0.450. The van der Waals surface area contributed by atoms with E-state index in [1.807, 2.05) is 12.1 Å². The Balaban J connectivity index is 1.54. The van der Waals surface area contributed by atoms with Crippen LogP contribution >= 0.6 is 0 Å². The molecule has 3 aromatic rings. The third-order valence-corrected chi connectivity index (χ3v) is 9.24. The van der Waals surface area contributed by atoms with Gasteiger partial charge in [0.1, 0.15) is 0 Å². The summed E-state index contributed by atoms with van der Waals surface area (Å²) in [6.45, 7) is 16.2. The molecule has 40 heavy (non-hydrogen) atoms. The number of rotatable bonds is 10. The Bertz CT molecular complexity index is 1300. The average Bonchev–Trinajstić information content (AvgIpc) is 2.95. The van der Waals surface area contributed by atoms with E-state index in [9.17, 15) is 0 Å². The molecule has 3 aromatic carbocycles. The summed E-state index contributed by atoms with van der Waals surface area (Å²) in [7, 11) is 0. The second-order valence-electron chi connectivity index (χ2n) is 13.4. The van der Waals surface area contributed by atoms with Crippen LogP contribution in [-0.4, -0.2) is 0 Å². The zero-order valence-electron chi connectivity index (χ0n) is 25.7. The fourth-order valence-electron chi connectivity index (χ4n) is 6.89. The Labute approximate surface area is 245 Å². The van der Waals surface area contributed by atoms with Crippen molar-refractivity contribution in [3.05, 3.63) is 107 Å². The normalized spacial score (nSPS) is 18.2. The van der Waals surface area contributed by atoms with E-state index in [2.05, 4.69) is 95.1 Å². The minimum absolute atomic E-state index is 0.143. The maximum Gasteiger partial charge on any atom is 0.0248 e. The molecule has 0 N–H and O–H groups in total. The molecule has 1 saturated carbocycles. The third kappa shape index (κ3) is 7.79. The van der Waals surface area contributed by atoms with Crippen molar-refractivity contribution in [3.8, 4) is 23.5 Å². The van der Waals surface area contributed by atoms with Crippen molar-refractivity contribution >= 4 is 0 Å². The predicted molar refractivity (Wildman–Crippen MR) is 175 cm³/mol. The van der Waals surface area contributed by atoms with Gasteiger partial charge in [0.15, 0.2) is 0 Å². The van der Waals surface area contributed by atoms with Crippen LogP contribution in [0.3, 0.4) is 0 Å². The van der Waals surface area contributed by atoms with Gasteiger partial charge in [0.05, 0.1) is 0 Å². The molecule has 0 amide bonds.